The number of rotatable bonds is 1. The lowest BCUT2D eigenvalue weighted by Gasteiger charge is -2.42. The van der Waals surface area contributed by atoms with Crippen LogP contribution in [-0.4, -0.2) is 42.3 Å². The van der Waals surface area contributed by atoms with Crippen LogP contribution in [0.15, 0.2) is 0 Å². The molecule has 2 saturated carbocycles. The quantitative estimate of drug-likeness (QED) is 0.740. The first kappa shape index (κ1) is 16.1. The third kappa shape index (κ3) is 3.26. The maximum atomic E-state index is 12.9. The molecule has 2 aliphatic carbocycles. The van der Waals surface area contributed by atoms with Gasteiger partial charge in [0.1, 0.15) is 0 Å². The Kier molecular flexibility index (Phi) is 4.40. The molecule has 2 atom stereocenters. The molecule has 0 aromatic carbocycles. The van der Waals surface area contributed by atoms with Gasteiger partial charge in [0.05, 0.1) is 18.1 Å². The van der Waals surface area contributed by atoms with E-state index in [9.17, 15) is 18.0 Å². The summed E-state index contributed by atoms with van der Waals surface area (Å²) in [6.07, 6.45) is 1.21. The zero-order valence-electron chi connectivity index (χ0n) is 12.8. The smallest absolute Gasteiger partial charge is 0.371 e. The molecular weight excluding hydrogens is 295 g/mol. The third-order valence-electron chi connectivity index (χ3n) is 5.56. The Morgan fingerprint density at radius 3 is 2.55 bits per heavy atom. The van der Waals surface area contributed by atoms with Crippen LogP contribution in [0, 0.1) is 11.8 Å². The highest BCUT2D eigenvalue weighted by molar-refractivity contribution is 5.79. The van der Waals surface area contributed by atoms with Crippen molar-refractivity contribution in [2.45, 2.75) is 63.1 Å². The molecule has 6 heteroatoms. The first-order chi connectivity index (χ1) is 10.4. The predicted octanol–water partition coefficient (Wildman–Crippen LogP) is 3.53. The fourth-order valence-corrected chi connectivity index (χ4v) is 4.32. The molecule has 0 bridgehead atoms. The highest BCUT2D eigenvalue weighted by Crippen LogP contribution is 2.41. The summed E-state index contributed by atoms with van der Waals surface area (Å²) in [4.78, 5) is 14.4. The first-order valence-corrected chi connectivity index (χ1v) is 8.39. The van der Waals surface area contributed by atoms with Crippen molar-refractivity contribution in [2.75, 3.05) is 19.7 Å². The summed E-state index contributed by atoms with van der Waals surface area (Å²) < 4.78 is 44.6. The van der Waals surface area contributed by atoms with Gasteiger partial charge in [-0.3, -0.25) is 4.79 Å². The molecule has 0 radical (unpaired) electrons. The molecule has 0 aromatic heterocycles. The largest absolute Gasteiger partial charge is 0.391 e. The third-order valence-corrected chi connectivity index (χ3v) is 5.56. The van der Waals surface area contributed by atoms with Crippen LogP contribution < -0.4 is 0 Å². The number of carbonyl (C=O) groups is 1. The van der Waals surface area contributed by atoms with Crippen LogP contribution >= 0.6 is 0 Å². The fourth-order valence-electron chi connectivity index (χ4n) is 4.32. The molecule has 2 unspecified atom stereocenters. The lowest BCUT2D eigenvalue weighted by Crippen LogP contribution is -2.54. The molecule has 0 N–H and O–H groups in total. The zero-order valence-corrected chi connectivity index (χ0v) is 12.8. The van der Waals surface area contributed by atoms with Crippen LogP contribution in [0.3, 0.4) is 0 Å². The van der Waals surface area contributed by atoms with Crippen molar-refractivity contribution < 1.29 is 22.7 Å². The minimum Gasteiger partial charge on any atom is -0.371 e. The average molecular weight is 319 g/mol. The predicted molar refractivity (Wildman–Crippen MR) is 75.2 cm³/mol. The lowest BCUT2D eigenvalue weighted by atomic mass is 9.80. The van der Waals surface area contributed by atoms with E-state index in [1.54, 1.807) is 4.90 Å². The van der Waals surface area contributed by atoms with Crippen LogP contribution in [0.1, 0.15) is 51.4 Å². The van der Waals surface area contributed by atoms with Crippen molar-refractivity contribution in [1.29, 1.82) is 0 Å². The number of hydrogen-bond donors (Lipinski definition) is 0. The van der Waals surface area contributed by atoms with E-state index in [1.165, 1.54) is 0 Å². The minimum atomic E-state index is -4.17. The summed E-state index contributed by atoms with van der Waals surface area (Å²) in [6, 6.07) is 0. The van der Waals surface area contributed by atoms with Crippen molar-refractivity contribution in [1.82, 2.24) is 4.90 Å². The zero-order chi connectivity index (χ0) is 15.8. The monoisotopic (exact) mass is 319 g/mol. The van der Waals surface area contributed by atoms with E-state index in [-0.39, 0.29) is 24.3 Å². The van der Waals surface area contributed by atoms with E-state index in [4.69, 9.17) is 4.74 Å². The fraction of sp³-hybridized carbons (Fsp3) is 0.938. The summed E-state index contributed by atoms with van der Waals surface area (Å²) in [5.41, 5.74) is -0.216. The molecule has 3 nitrogen and oxygen atoms in total. The Morgan fingerprint density at radius 1 is 1.14 bits per heavy atom. The molecule has 3 fully saturated rings. The minimum absolute atomic E-state index is 0.0350. The van der Waals surface area contributed by atoms with Gasteiger partial charge < -0.3 is 9.64 Å². The Bertz CT molecular complexity index is 418. The highest BCUT2D eigenvalue weighted by atomic mass is 19.4. The first-order valence-electron chi connectivity index (χ1n) is 8.39. The van der Waals surface area contributed by atoms with Crippen LogP contribution in [-0.2, 0) is 9.53 Å². The highest BCUT2D eigenvalue weighted by Gasteiger charge is 2.46. The molecule has 1 heterocycles. The van der Waals surface area contributed by atoms with Crippen molar-refractivity contribution in [3.8, 4) is 0 Å². The van der Waals surface area contributed by atoms with Gasteiger partial charge in [0, 0.05) is 19.0 Å². The Hall–Kier alpha value is -0.780. The molecular formula is C16H24F3NO2. The van der Waals surface area contributed by atoms with Crippen LogP contribution in [0.2, 0.25) is 0 Å². The molecule has 3 aliphatic rings. The molecule has 0 aromatic rings. The van der Waals surface area contributed by atoms with Gasteiger partial charge in [-0.05, 0) is 32.1 Å². The van der Waals surface area contributed by atoms with Crippen molar-refractivity contribution in [2.24, 2.45) is 11.8 Å². The number of nitrogens with zero attached hydrogens (tertiary/aromatic N) is 1. The summed E-state index contributed by atoms with van der Waals surface area (Å²) in [5, 5.41) is 0. The van der Waals surface area contributed by atoms with Crippen LogP contribution in [0.25, 0.3) is 0 Å². The topological polar surface area (TPSA) is 29.5 Å². The molecule has 1 amide bonds. The number of amides is 1. The molecule has 3 rings (SSSR count). The summed E-state index contributed by atoms with van der Waals surface area (Å²) >= 11 is 0. The number of halogens is 3. The van der Waals surface area contributed by atoms with Crippen molar-refractivity contribution in [3.63, 3.8) is 0 Å². The van der Waals surface area contributed by atoms with E-state index in [1.807, 2.05) is 0 Å². The second-order valence-electron chi connectivity index (χ2n) is 7.10. The molecule has 1 spiro atoms. The van der Waals surface area contributed by atoms with Gasteiger partial charge in [0.2, 0.25) is 5.91 Å². The standard InChI is InChI=1S/C16H24F3NO2/c17-16(18,19)13-5-3-4-12(10-13)14(21)20-8-9-22-15(11-20)6-1-2-7-15/h12-13H,1-11H2. The number of carbonyl (C=O) groups excluding carboxylic acids is 1. The van der Waals surface area contributed by atoms with E-state index in [2.05, 4.69) is 0 Å². The Balaban J connectivity index is 1.63. The van der Waals surface area contributed by atoms with Gasteiger partial charge in [0.15, 0.2) is 0 Å². The van der Waals surface area contributed by atoms with Crippen LogP contribution in [0.4, 0.5) is 13.2 Å². The SMILES string of the molecule is O=C(C1CCCC(C(F)(F)F)C1)N1CCOC2(CCCC2)C1. The van der Waals surface area contributed by atoms with E-state index in [0.29, 0.717) is 32.5 Å². The summed E-state index contributed by atoms with van der Waals surface area (Å²) in [6.45, 7) is 1.61. The number of morpholine rings is 1. The van der Waals surface area contributed by atoms with Crippen LogP contribution in [0.5, 0.6) is 0 Å². The Labute approximate surface area is 129 Å². The molecule has 22 heavy (non-hydrogen) atoms. The molecule has 126 valence electrons. The van der Waals surface area contributed by atoms with Gasteiger partial charge in [-0.15, -0.1) is 0 Å². The maximum Gasteiger partial charge on any atom is 0.391 e. The van der Waals surface area contributed by atoms with Gasteiger partial charge >= 0.3 is 6.18 Å². The average Bonchev–Trinajstić information content (AvgIpc) is 2.93. The van der Waals surface area contributed by atoms with E-state index < -0.39 is 18.0 Å². The molecule has 1 aliphatic heterocycles. The lowest BCUT2D eigenvalue weighted by molar-refractivity contribution is -0.188. The number of hydrogen-bond acceptors (Lipinski definition) is 2. The van der Waals surface area contributed by atoms with Crippen molar-refractivity contribution >= 4 is 5.91 Å². The number of ether oxygens (including phenoxy) is 1. The number of alkyl halides is 3. The van der Waals surface area contributed by atoms with E-state index >= 15 is 0 Å². The van der Waals surface area contributed by atoms with E-state index in [0.717, 1.165) is 25.7 Å². The summed E-state index contributed by atoms with van der Waals surface area (Å²) in [7, 11) is 0. The van der Waals surface area contributed by atoms with Crippen molar-refractivity contribution in [3.05, 3.63) is 0 Å². The molecule has 1 saturated heterocycles. The maximum absolute atomic E-state index is 12.9. The Morgan fingerprint density at radius 2 is 1.86 bits per heavy atom. The second-order valence-corrected chi connectivity index (χ2v) is 7.10. The van der Waals surface area contributed by atoms with Gasteiger partial charge in [0.25, 0.3) is 0 Å². The summed E-state index contributed by atoms with van der Waals surface area (Å²) in [5.74, 6) is -1.85. The van der Waals surface area contributed by atoms with Gasteiger partial charge in [-0.1, -0.05) is 19.3 Å². The normalized spacial score (nSPS) is 32.4. The van der Waals surface area contributed by atoms with Gasteiger partial charge in [-0.25, -0.2) is 0 Å². The second kappa shape index (κ2) is 6.02. The van der Waals surface area contributed by atoms with Gasteiger partial charge in [-0.2, -0.15) is 13.2 Å².